The van der Waals surface area contributed by atoms with Crippen LogP contribution >= 0.6 is 0 Å². The molecular weight excluding hydrogens is 350 g/mol. The van der Waals surface area contributed by atoms with Crippen LogP contribution in [0.15, 0.2) is 79.1 Å². The zero-order valence-corrected chi connectivity index (χ0v) is 15.6. The molecule has 4 aromatic rings. The molecule has 0 atom stereocenters. The zero-order chi connectivity index (χ0) is 19.3. The van der Waals surface area contributed by atoms with E-state index in [2.05, 4.69) is 27.4 Å². The van der Waals surface area contributed by atoms with Crippen molar-refractivity contribution >= 4 is 5.91 Å². The van der Waals surface area contributed by atoms with Crippen LogP contribution < -0.4 is 0 Å². The highest BCUT2D eigenvalue weighted by Gasteiger charge is 2.16. The average molecular weight is 371 g/mol. The van der Waals surface area contributed by atoms with E-state index in [0.717, 1.165) is 16.8 Å². The summed E-state index contributed by atoms with van der Waals surface area (Å²) in [6, 6.07) is 21.7. The Bertz CT molecular complexity index is 1050. The van der Waals surface area contributed by atoms with E-state index in [4.69, 9.17) is 0 Å². The fourth-order valence-corrected chi connectivity index (χ4v) is 3.08. The Morgan fingerprint density at radius 1 is 1.04 bits per heavy atom. The number of H-pyrrole nitrogens is 1. The van der Waals surface area contributed by atoms with E-state index >= 15 is 0 Å². The minimum atomic E-state index is -0.106. The molecule has 140 valence electrons. The Morgan fingerprint density at radius 3 is 2.50 bits per heavy atom. The van der Waals surface area contributed by atoms with Crippen molar-refractivity contribution in [2.45, 2.75) is 13.1 Å². The third-order valence-corrected chi connectivity index (χ3v) is 4.52. The van der Waals surface area contributed by atoms with Crippen LogP contribution in [0.4, 0.5) is 0 Å². The first-order valence-electron chi connectivity index (χ1n) is 9.10. The Kier molecular flexibility index (Phi) is 5.01. The van der Waals surface area contributed by atoms with E-state index in [1.54, 1.807) is 24.2 Å². The summed E-state index contributed by atoms with van der Waals surface area (Å²) in [4.78, 5) is 14.4. The number of benzene rings is 2. The smallest absolute Gasteiger partial charge is 0.271 e. The van der Waals surface area contributed by atoms with Gasteiger partial charge in [0.15, 0.2) is 0 Å². The second kappa shape index (κ2) is 7.92. The average Bonchev–Trinajstić information content (AvgIpc) is 3.39. The van der Waals surface area contributed by atoms with E-state index in [1.165, 1.54) is 5.56 Å². The SMILES string of the molecule is CN(Cc1cnn(Cc2ccccc2)c1)C(=O)c1cc(-c2ccccc2)n[nH]1. The predicted octanol–water partition coefficient (Wildman–Crippen LogP) is 3.59. The molecule has 28 heavy (non-hydrogen) atoms. The predicted molar refractivity (Wildman–Crippen MR) is 108 cm³/mol. The van der Waals surface area contributed by atoms with E-state index in [-0.39, 0.29) is 5.91 Å². The maximum absolute atomic E-state index is 12.7. The van der Waals surface area contributed by atoms with Crippen LogP contribution in [0.5, 0.6) is 0 Å². The first kappa shape index (κ1) is 17.7. The van der Waals surface area contributed by atoms with Crippen LogP contribution in [0.2, 0.25) is 0 Å². The lowest BCUT2D eigenvalue weighted by atomic mass is 10.1. The molecule has 0 saturated heterocycles. The third-order valence-electron chi connectivity index (χ3n) is 4.52. The molecule has 0 unspecified atom stereocenters. The molecule has 1 amide bonds. The molecule has 4 rings (SSSR count). The van der Waals surface area contributed by atoms with Crippen LogP contribution in [0.25, 0.3) is 11.3 Å². The number of hydrogen-bond acceptors (Lipinski definition) is 3. The van der Waals surface area contributed by atoms with Gasteiger partial charge >= 0.3 is 0 Å². The van der Waals surface area contributed by atoms with Crippen LogP contribution in [-0.2, 0) is 13.1 Å². The molecule has 0 aliphatic rings. The molecule has 6 heteroatoms. The first-order chi connectivity index (χ1) is 13.7. The number of carbonyl (C=O) groups excluding carboxylic acids is 1. The highest BCUT2D eigenvalue weighted by molar-refractivity contribution is 5.93. The van der Waals surface area contributed by atoms with Crippen molar-refractivity contribution in [3.63, 3.8) is 0 Å². The van der Waals surface area contributed by atoms with Crippen molar-refractivity contribution in [3.05, 3.63) is 95.9 Å². The van der Waals surface area contributed by atoms with E-state index < -0.39 is 0 Å². The van der Waals surface area contributed by atoms with Gasteiger partial charge in [0, 0.05) is 30.9 Å². The summed E-state index contributed by atoms with van der Waals surface area (Å²) in [7, 11) is 1.78. The molecular formula is C22H21N5O. The lowest BCUT2D eigenvalue weighted by Gasteiger charge is -2.14. The van der Waals surface area contributed by atoms with Crippen molar-refractivity contribution in [3.8, 4) is 11.3 Å². The Morgan fingerprint density at radius 2 is 1.75 bits per heavy atom. The molecule has 2 aromatic carbocycles. The maximum Gasteiger partial charge on any atom is 0.271 e. The Hall–Kier alpha value is -3.67. The summed E-state index contributed by atoms with van der Waals surface area (Å²) < 4.78 is 1.88. The lowest BCUT2D eigenvalue weighted by molar-refractivity contribution is 0.0779. The van der Waals surface area contributed by atoms with Gasteiger partial charge in [-0.15, -0.1) is 0 Å². The van der Waals surface area contributed by atoms with Gasteiger partial charge in [0.1, 0.15) is 5.69 Å². The number of hydrogen-bond donors (Lipinski definition) is 1. The van der Waals surface area contributed by atoms with Gasteiger partial charge < -0.3 is 4.90 Å². The normalized spacial score (nSPS) is 10.8. The van der Waals surface area contributed by atoms with Gasteiger partial charge in [-0.1, -0.05) is 60.7 Å². The molecule has 2 heterocycles. The molecule has 2 aromatic heterocycles. The highest BCUT2D eigenvalue weighted by atomic mass is 16.2. The fourth-order valence-electron chi connectivity index (χ4n) is 3.08. The van der Waals surface area contributed by atoms with Crippen molar-refractivity contribution in [2.24, 2.45) is 0 Å². The van der Waals surface area contributed by atoms with Crippen molar-refractivity contribution < 1.29 is 4.79 Å². The minimum Gasteiger partial charge on any atom is -0.336 e. The van der Waals surface area contributed by atoms with Gasteiger partial charge in [-0.2, -0.15) is 10.2 Å². The van der Waals surface area contributed by atoms with Crippen molar-refractivity contribution in [2.75, 3.05) is 7.05 Å². The number of nitrogens with zero attached hydrogens (tertiary/aromatic N) is 4. The number of rotatable bonds is 6. The van der Waals surface area contributed by atoms with Gasteiger partial charge in [-0.25, -0.2) is 0 Å². The molecule has 6 nitrogen and oxygen atoms in total. The second-order valence-corrected chi connectivity index (χ2v) is 6.73. The van der Waals surface area contributed by atoms with Crippen LogP contribution in [0.1, 0.15) is 21.6 Å². The van der Waals surface area contributed by atoms with Crippen LogP contribution in [0, 0.1) is 0 Å². The quantitative estimate of drug-likeness (QED) is 0.563. The zero-order valence-electron chi connectivity index (χ0n) is 15.6. The summed E-state index contributed by atoms with van der Waals surface area (Å²) >= 11 is 0. The first-order valence-corrected chi connectivity index (χ1v) is 9.10. The fraction of sp³-hybridized carbons (Fsp3) is 0.136. The lowest BCUT2D eigenvalue weighted by Crippen LogP contribution is -2.26. The topological polar surface area (TPSA) is 66.8 Å². The molecule has 0 fully saturated rings. The molecule has 0 aliphatic heterocycles. The summed E-state index contributed by atoms with van der Waals surface area (Å²) in [5.41, 5.74) is 4.37. The molecule has 0 spiro atoms. The standard InChI is InChI=1S/C22H21N5O/c1-26(14-18-13-23-27(16-18)15-17-8-4-2-5-9-17)22(28)21-12-20(24-25-21)19-10-6-3-7-11-19/h2-13,16H,14-15H2,1H3,(H,24,25). The number of nitrogens with one attached hydrogen (secondary N) is 1. The largest absolute Gasteiger partial charge is 0.336 e. The number of carbonyl (C=O) groups is 1. The van der Waals surface area contributed by atoms with E-state index in [9.17, 15) is 4.79 Å². The summed E-state index contributed by atoms with van der Waals surface area (Å²) in [6.07, 6.45) is 3.77. The van der Waals surface area contributed by atoms with Crippen molar-refractivity contribution in [1.82, 2.24) is 24.9 Å². The maximum atomic E-state index is 12.7. The van der Waals surface area contributed by atoms with E-state index in [0.29, 0.717) is 18.8 Å². The molecule has 0 aliphatic carbocycles. The van der Waals surface area contributed by atoms with Gasteiger partial charge in [0.25, 0.3) is 5.91 Å². The van der Waals surface area contributed by atoms with E-state index in [1.807, 2.05) is 59.4 Å². The number of aromatic nitrogens is 4. The number of aromatic amines is 1. The summed E-state index contributed by atoms with van der Waals surface area (Å²) in [5, 5.41) is 11.5. The molecule has 0 radical (unpaired) electrons. The minimum absolute atomic E-state index is 0.106. The highest BCUT2D eigenvalue weighted by Crippen LogP contribution is 2.18. The van der Waals surface area contributed by atoms with Crippen LogP contribution in [0.3, 0.4) is 0 Å². The summed E-state index contributed by atoms with van der Waals surface area (Å²) in [5.74, 6) is -0.106. The van der Waals surface area contributed by atoms with Gasteiger partial charge in [-0.05, 0) is 11.6 Å². The van der Waals surface area contributed by atoms with Gasteiger partial charge in [0.05, 0.1) is 18.4 Å². The van der Waals surface area contributed by atoms with Gasteiger partial charge in [-0.3, -0.25) is 14.6 Å². The second-order valence-electron chi connectivity index (χ2n) is 6.73. The van der Waals surface area contributed by atoms with Gasteiger partial charge in [0.2, 0.25) is 0 Å². The number of amides is 1. The Balaban J connectivity index is 1.40. The Labute approximate surface area is 163 Å². The monoisotopic (exact) mass is 371 g/mol. The van der Waals surface area contributed by atoms with Crippen LogP contribution in [-0.4, -0.2) is 37.8 Å². The van der Waals surface area contributed by atoms with Crippen molar-refractivity contribution in [1.29, 1.82) is 0 Å². The molecule has 0 bridgehead atoms. The summed E-state index contributed by atoms with van der Waals surface area (Å²) in [6.45, 7) is 1.19. The molecule has 1 N–H and O–H groups in total. The third kappa shape index (κ3) is 4.01. The molecule has 0 saturated carbocycles.